The van der Waals surface area contributed by atoms with Gasteiger partial charge in [0.05, 0.1) is 0 Å². The first-order valence-corrected chi connectivity index (χ1v) is 7.33. The van der Waals surface area contributed by atoms with Gasteiger partial charge >= 0.3 is 0 Å². The number of anilines is 1. The Hall–Kier alpha value is -1.12. The van der Waals surface area contributed by atoms with Gasteiger partial charge in [-0.1, -0.05) is 19.8 Å². The van der Waals surface area contributed by atoms with Crippen molar-refractivity contribution in [3.8, 4) is 0 Å². The predicted octanol–water partition coefficient (Wildman–Crippen LogP) is 3.35. The van der Waals surface area contributed by atoms with Gasteiger partial charge in [-0.15, -0.1) is 0 Å². The van der Waals surface area contributed by atoms with Crippen LogP contribution in [0.1, 0.15) is 56.7 Å². The third kappa shape index (κ3) is 2.36. The lowest BCUT2D eigenvalue weighted by atomic mass is 9.70. The van der Waals surface area contributed by atoms with E-state index in [9.17, 15) is 0 Å². The number of hydrogen-bond acceptors (Lipinski definition) is 3. The Bertz CT molecular complexity index is 424. The fraction of sp³-hybridized carbons (Fsp3) is 0.733. The molecule has 2 aliphatic rings. The highest BCUT2D eigenvalue weighted by molar-refractivity contribution is 5.46. The molecule has 1 aromatic rings. The minimum Gasteiger partial charge on any atom is -0.369 e. The maximum Gasteiger partial charge on any atom is 0.132 e. The van der Waals surface area contributed by atoms with E-state index in [4.69, 9.17) is 0 Å². The van der Waals surface area contributed by atoms with Crippen LogP contribution in [0.4, 0.5) is 5.82 Å². The summed E-state index contributed by atoms with van der Waals surface area (Å²) in [5, 5.41) is 3.59. The zero-order chi connectivity index (χ0) is 12.4. The topological polar surface area (TPSA) is 37.8 Å². The largest absolute Gasteiger partial charge is 0.369 e. The normalized spacial score (nSPS) is 21.6. The number of aryl methyl sites for hydroxylation is 1. The molecule has 1 saturated carbocycles. The first-order valence-electron chi connectivity index (χ1n) is 7.33. The monoisotopic (exact) mass is 245 g/mol. The van der Waals surface area contributed by atoms with E-state index in [2.05, 4.69) is 22.2 Å². The summed E-state index contributed by atoms with van der Waals surface area (Å²) in [4.78, 5) is 8.94. The lowest BCUT2D eigenvalue weighted by molar-refractivity contribution is 0.179. The van der Waals surface area contributed by atoms with Crippen molar-refractivity contribution in [1.29, 1.82) is 0 Å². The minimum atomic E-state index is 0.503. The van der Waals surface area contributed by atoms with E-state index >= 15 is 0 Å². The average molecular weight is 245 g/mol. The van der Waals surface area contributed by atoms with Gasteiger partial charge < -0.3 is 5.32 Å². The Labute approximate surface area is 109 Å². The van der Waals surface area contributed by atoms with Crippen LogP contribution in [-0.2, 0) is 12.8 Å². The molecule has 0 aromatic carbocycles. The number of hydrogen-bond donors (Lipinski definition) is 1. The van der Waals surface area contributed by atoms with Crippen molar-refractivity contribution in [2.24, 2.45) is 5.41 Å². The molecular weight excluding hydrogens is 222 g/mol. The Kier molecular flexibility index (Phi) is 3.23. The lowest BCUT2D eigenvalue weighted by Crippen LogP contribution is -2.33. The highest BCUT2D eigenvalue weighted by Gasteiger charge is 2.31. The van der Waals surface area contributed by atoms with Crippen LogP contribution in [0.15, 0.2) is 6.33 Å². The number of nitrogens with one attached hydrogen (secondary N) is 1. The molecule has 0 amide bonds. The molecule has 3 rings (SSSR count). The molecule has 0 bridgehead atoms. The van der Waals surface area contributed by atoms with Gasteiger partial charge in [0.25, 0.3) is 0 Å². The molecule has 3 heteroatoms. The van der Waals surface area contributed by atoms with Crippen molar-refractivity contribution in [2.45, 2.75) is 58.3 Å². The molecule has 2 aliphatic carbocycles. The second-order valence-electron chi connectivity index (χ2n) is 6.23. The Morgan fingerprint density at radius 3 is 2.72 bits per heavy atom. The molecule has 0 unspecified atom stereocenters. The molecule has 18 heavy (non-hydrogen) atoms. The van der Waals surface area contributed by atoms with Crippen LogP contribution in [0, 0.1) is 5.41 Å². The fourth-order valence-electron chi connectivity index (χ4n) is 3.10. The highest BCUT2D eigenvalue weighted by Crippen LogP contribution is 2.40. The summed E-state index contributed by atoms with van der Waals surface area (Å²) in [6, 6.07) is 0. The molecule has 98 valence electrons. The van der Waals surface area contributed by atoms with Crippen molar-refractivity contribution in [1.82, 2.24) is 9.97 Å². The van der Waals surface area contributed by atoms with Crippen LogP contribution in [0.5, 0.6) is 0 Å². The van der Waals surface area contributed by atoms with E-state index < -0.39 is 0 Å². The van der Waals surface area contributed by atoms with Gasteiger partial charge in [-0.2, -0.15) is 0 Å². The van der Waals surface area contributed by atoms with Crippen molar-refractivity contribution < 1.29 is 0 Å². The molecule has 0 atom stereocenters. The smallest absolute Gasteiger partial charge is 0.132 e. The third-order valence-electron chi connectivity index (χ3n) is 4.62. The summed E-state index contributed by atoms with van der Waals surface area (Å²) in [6.07, 6.45) is 12.0. The molecule has 3 nitrogen and oxygen atoms in total. The van der Waals surface area contributed by atoms with Crippen molar-refractivity contribution in [2.75, 3.05) is 11.9 Å². The Morgan fingerprint density at radius 2 is 1.94 bits per heavy atom. The molecule has 0 spiro atoms. The SMILES string of the molecule is CC1(CNc2ncnc3c2CCCCC3)CCC1. The van der Waals surface area contributed by atoms with Gasteiger partial charge in [0.2, 0.25) is 0 Å². The summed E-state index contributed by atoms with van der Waals surface area (Å²) in [5.74, 6) is 1.11. The first-order chi connectivity index (χ1) is 8.77. The molecule has 1 heterocycles. The fourth-order valence-corrected chi connectivity index (χ4v) is 3.10. The van der Waals surface area contributed by atoms with Crippen LogP contribution >= 0.6 is 0 Å². The third-order valence-corrected chi connectivity index (χ3v) is 4.62. The molecule has 0 radical (unpaired) electrons. The first kappa shape index (κ1) is 11.9. The van der Waals surface area contributed by atoms with Gasteiger partial charge in [0, 0.05) is 17.8 Å². The van der Waals surface area contributed by atoms with Crippen LogP contribution in [0.2, 0.25) is 0 Å². The Balaban J connectivity index is 1.75. The van der Waals surface area contributed by atoms with Gasteiger partial charge in [0.1, 0.15) is 12.1 Å². The minimum absolute atomic E-state index is 0.503. The standard InChI is InChI=1S/C15H23N3/c1-15(8-5-9-15)10-16-14-12-6-3-2-4-7-13(12)17-11-18-14/h11H,2-10H2,1H3,(H,16,17,18). The van der Waals surface area contributed by atoms with Crippen molar-refractivity contribution in [3.05, 3.63) is 17.6 Å². The van der Waals surface area contributed by atoms with E-state index in [1.165, 1.54) is 49.8 Å². The number of nitrogens with zero attached hydrogens (tertiary/aromatic N) is 2. The van der Waals surface area contributed by atoms with Crippen LogP contribution < -0.4 is 5.32 Å². The van der Waals surface area contributed by atoms with E-state index in [-0.39, 0.29) is 0 Å². The molecule has 1 fully saturated rings. The second kappa shape index (κ2) is 4.87. The second-order valence-corrected chi connectivity index (χ2v) is 6.23. The zero-order valence-corrected chi connectivity index (χ0v) is 11.3. The molecule has 0 aliphatic heterocycles. The van der Waals surface area contributed by atoms with Gasteiger partial charge in [0.15, 0.2) is 0 Å². The van der Waals surface area contributed by atoms with Crippen LogP contribution in [-0.4, -0.2) is 16.5 Å². The van der Waals surface area contributed by atoms with Crippen molar-refractivity contribution >= 4 is 5.82 Å². The Morgan fingerprint density at radius 1 is 1.11 bits per heavy atom. The van der Waals surface area contributed by atoms with E-state index in [0.29, 0.717) is 5.41 Å². The summed E-state index contributed by atoms with van der Waals surface area (Å²) >= 11 is 0. The van der Waals surface area contributed by atoms with Gasteiger partial charge in [-0.3, -0.25) is 0 Å². The summed E-state index contributed by atoms with van der Waals surface area (Å²) < 4.78 is 0. The molecule has 0 saturated heterocycles. The zero-order valence-electron chi connectivity index (χ0n) is 11.3. The predicted molar refractivity (Wildman–Crippen MR) is 73.7 cm³/mol. The van der Waals surface area contributed by atoms with Gasteiger partial charge in [-0.25, -0.2) is 9.97 Å². The lowest BCUT2D eigenvalue weighted by Gasteiger charge is -2.38. The summed E-state index contributed by atoms with van der Waals surface area (Å²) in [6.45, 7) is 3.44. The van der Waals surface area contributed by atoms with E-state index in [1.54, 1.807) is 6.33 Å². The maximum atomic E-state index is 4.47. The van der Waals surface area contributed by atoms with Crippen molar-refractivity contribution in [3.63, 3.8) is 0 Å². The molecular formula is C15H23N3. The van der Waals surface area contributed by atoms with E-state index in [1.807, 2.05) is 0 Å². The van der Waals surface area contributed by atoms with Crippen LogP contribution in [0.25, 0.3) is 0 Å². The molecule has 1 N–H and O–H groups in total. The highest BCUT2D eigenvalue weighted by atomic mass is 15.0. The summed E-state index contributed by atoms with van der Waals surface area (Å²) in [5.41, 5.74) is 3.17. The quantitative estimate of drug-likeness (QED) is 0.830. The van der Waals surface area contributed by atoms with Crippen LogP contribution in [0.3, 0.4) is 0 Å². The number of rotatable bonds is 3. The summed E-state index contributed by atoms with van der Waals surface area (Å²) in [7, 11) is 0. The number of fused-ring (bicyclic) bond motifs is 1. The average Bonchev–Trinajstić information content (AvgIpc) is 2.59. The maximum absolute atomic E-state index is 4.47. The molecule has 1 aromatic heterocycles. The van der Waals surface area contributed by atoms with E-state index in [0.717, 1.165) is 25.2 Å². The number of aromatic nitrogens is 2. The van der Waals surface area contributed by atoms with Gasteiger partial charge in [-0.05, 0) is 43.9 Å².